The van der Waals surface area contributed by atoms with Gasteiger partial charge in [-0.2, -0.15) is 0 Å². The number of aryl methyl sites for hydroxylation is 1. The monoisotopic (exact) mass is 481 g/mol. The number of carbonyl (C=O) groups excluding carboxylic acids is 1. The van der Waals surface area contributed by atoms with Gasteiger partial charge in [-0.1, -0.05) is 36.0 Å². The normalized spacial score (nSPS) is 11.7. The number of methoxy groups -OCH3 is 1. The van der Waals surface area contributed by atoms with E-state index in [9.17, 15) is 4.79 Å². The van der Waals surface area contributed by atoms with E-state index >= 15 is 0 Å². The quantitative estimate of drug-likeness (QED) is 0.340. The lowest BCUT2D eigenvalue weighted by molar-refractivity contribution is -0.113. The summed E-state index contributed by atoms with van der Waals surface area (Å²) in [6, 6.07) is 17.2. The van der Waals surface area contributed by atoms with Crippen molar-refractivity contribution in [2.45, 2.75) is 25.1 Å². The van der Waals surface area contributed by atoms with Gasteiger partial charge in [-0.3, -0.25) is 9.36 Å². The Hall–Kier alpha value is -3.37. The Labute approximate surface area is 200 Å². The lowest BCUT2D eigenvalue weighted by Crippen LogP contribution is -2.15. The number of ether oxygens (including phenoxy) is 2. The van der Waals surface area contributed by atoms with Gasteiger partial charge in [-0.05, 0) is 38.1 Å². The Morgan fingerprint density at radius 2 is 1.94 bits per heavy atom. The Kier molecular flexibility index (Phi) is 7.26. The lowest BCUT2D eigenvalue weighted by atomic mass is 10.3. The van der Waals surface area contributed by atoms with Crippen molar-refractivity contribution in [3.8, 4) is 17.2 Å². The van der Waals surface area contributed by atoms with E-state index in [2.05, 4.69) is 20.5 Å². The van der Waals surface area contributed by atoms with Gasteiger partial charge >= 0.3 is 0 Å². The summed E-state index contributed by atoms with van der Waals surface area (Å²) in [7, 11) is 1.61. The highest BCUT2D eigenvalue weighted by Gasteiger charge is 2.22. The predicted molar refractivity (Wildman–Crippen MR) is 130 cm³/mol. The number of benzene rings is 2. The van der Waals surface area contributed by atoms with Crippen LogP contribution in [0, 0.1) is 6.92 Å². The zero-order valence-corrected chi connectivity index (χ0v) is 20.0. The van der Waals surface area contributed by atoms with Gasteiger partial charge in [0.2, 0.25) is 5.91 Å². The average molecular weight is 482 g/mol. The number of hydrogen-bond acceptors (Lipinski definition) is 8. The van der Waals surface area contributed by atoms with Gasteiger partial charge in [-0.15, -0.1) is 21.5 Å². The minimum absolute atomic E-state index is 0.154. The number of carbonyl (C=O) groups is 1. The molecule has 1 atom stereocenters. The molecule has 0 aliphatic heterocycles. The van der Waals surface area contributed by atoms with E-state index in [0.717, 1.165) is 11.4 Å². The van der Waals surface area contributed by atoms with Crippen LogP contribution in [0.1, 0.15) is 24.5 Å². The fraction of sp³-hybridized carbons (Fsp3) is 0.217. The highest BCUT2D eigenvalue weighted by molar-refractivity contribution is 7.99. The van der Waals surface area contributed by atoms with Crippen LogP contribution in [0.15, 0.2) is 65.1 Å². The molecule has 1 unspecified atom stereocenters. The Bertz CT molecular complexity index is 1230. The first-order valence-corrected chi connectivity index (χ1v) is 12.1. The van der Waals surface area contributed by atoms with Crippen LogP contribution < -0.4 is 14.8 Å². The zero-order valence-electron chi connectivity index (χ0n) is 18.4. The van der Waals surface area contributed by atoms with Gasteiger partial charge in [0.25, 0.3) is 0 Å². The molecule has 0 saturated carbocycles. The molecular formula is C23H23N5O3S2. The molecule has 0 fully saturated rings. The Morgan fingerprint density at radius 1 is 1.15 bits per heavy atom. The molecule has 1 amide bonds. The fourth-order valence-electron chi connectivity index (χ4n) is 3.09. The van der Waals surface area contributed by atoms with Gasteiger partial charge < -0.3 is 14.8 Å². The van der Waals surface area contributed by atoms with Crippen molar-refractivity contribution in [2.75, 3.05) is 18.2 Å². The number of anilines is 1. The summed E-state index contributed by atoms with van der Waals surface area (Å²) in [4.78, 5) is 16.7. The van der Waals surface area contributed by atoms with Gasteiger partial charge in [0.1, 0.15) is 11.5 Å². The molecule has 2 aromatic carbocycles. The average Bonchev–Trinajstić information content (AvgIpc) is 3.44. The molecule has 0 aliphatic rings. The molecule has 10 heteroatoms. The predicted octanol–water partition coefficient (Wildman–Crippen LogP) is 4.91. The maximum Gasteiger partial charge on any atom is 0.236 e. The second-order valence-electron chi connectivity index (χ2n) is 7.08. The van der Waals surface area contributed by atoms with Crippen molar-refractivity contribution in [1.29, 1.82) is 0 Å². The van der Waals surface area contributed by atoms with Gasteiger partial charge in [-0.25, -0.2) is 4.98 Å². The van der Waals surface area contributed by atoms with Crippen molar-refractivity contribution in [3.05, 3.63) is 71.5 Å². The molecule has 0 radical (unpaired) electrons. The molecule has 4 aromatic rings. The first kappa shape index (κ1) is 22.8. The third kappa shape index (κ3) is 5.71. The number of thioether (sulfide) groups is 1. The number of thiazole rings is 1. The first-order chi connectivity index (χ1) is 16.0. The Balaban J connectivity index is 1.54. The fourth-order valence-corrected chi connectivity index (χ4v) is 4.55. The maximum atomic E-state index is 12.4. The molecule has 2 aromatic heterocycles. The summed E-state index contributed by atoms with van der Waals surface area (Å²) in [6.45, 7) is 3.80. The number of nitrogens with one attached hydrogen (secondary N) is 1. The van der Waals surface area contributed by atoms with Gasteiger partial charge in [0.15, 0.2) is 22.2 Å². The zero-order chi connectivity index (χ0) is 23.2. The highest BCUT2D eigenvalue weighted by atomic mass is 32.2. The van der Waals surface area contributed by atoms with E-state index < -0.39 is 6.10 Å². The number of para-hydroxylation sites is 1. The number of nitrogens with zero attached hydrogens (tertiary/aromatic N) is 4. The second kappa shape index (κ2) is 10.5. The van der Waals surface area contributed by atoms with Crippen LogP contribution in [-0.4, -0.2) is 38.5 Å². The highest BCUT2D eigenvalue weighted by Crippen LogP contribution is 2.29. The van der Waals surface area contributed by atoms with Crippen LogP contribution in [0.2, 0.25) is 0 Å². The molecule has 8 nitrogen and oxygen atoms in total. The van der Waals surface area contributed by atoms with Gasteiger partial charge in [0, 0.05) is 17.1 Å². The van der Waals surface area contributed by atoms with Crippen LogP contribution in [0.5, 0.6) is 11.5 Å². The number of aromatic nitrogens is 4. The molecular weight excluding hydrogens is 458 g/mol. The van der Waals surface area contributed by atoms with E-state index in [1.165, 1.54) is 23.1 Å². The number of rotatable bonds is 9. The molecule has 0 saturated heterocycles. The topological polar surface area (TPSA) is 91.2 Å². The summed E-state index contributed by atoms with van der Waals surface area (Å²) in [6.07, 6.45) is -0.397. The van der Waals surface area contributed by atoms with Crippen molar-refractivity contribution in [1.82, 2.24) is 19.7 Å². The third-order valence-electron chi connectivity index (χ3n) is 4.59. The minimum Gasteiger partial charge on any atom is -0.497 e. The molecule has 0 spiro atoms. The lowest BCUT2D eigenvalue weighted by Gasteiger charge is -2.17. The molecule has 4 rings (SSSR count). The molecule has 0 aliphatic carbocycles. The summed E-state index contributed by atoms with van der Waals surface area (Å²) in [5.41, 5.74) is 1.76. The van der Waals surface area contributed by atoms with Crippen molar-refractivity contribution >= 4 is 34.1 Å². The van der Waals surface area contributed by atoms with E-state index in [0.29, 0.717) is 27.6 Å². The summed E-state index contributed by atoms with van der Waals surface area (Å²) in [5.74, 6) is 2.02. The van der Waals surface area contributed by atoms with Crippen LogP contribution in [0.4, 0.5) is 5.13 Å². The second-order valence-corrected chi connectivity index (χ2v) is 8.88. The molecule has 170 valence electrons. The molecule has 33 heavy (non-hydrogen) atoms. The van der Waals surface area contributed by atoms with Crippen LogP contribution in [0.3, 0.4) is 0 Å². The van der Waals surface area contributed by atoms with Crippen molar-refractivity contribution < 1.29 is 14.3 Å². The number of amides is 1. The van der Waals surface area contributed by atoms with Crippen molar-refractivity contribution in [2.24, 2.45) is 0 Å². The summed E-state index contributed by atoms with van der Waals surface area (Å²) >= 11 is 2.71. The SMILES string of the molecule is COc1cccc(OC(C)c2nnc(SCC(=O)Nc3nc(C)cs3)n2-c2ccccc2)c1. The Morgan fingerprint density at radius 3 is 2.67 bits per heavy atom. The maximum absolute atomic E-state index is 12.4. The van der Waals surface area contributed by atoms with E-state index in [1.807, 2.05) is 78.4 Å². The smallest absolute Gasteiger partial charge is 0.236 e. The van der Waals surface area contributed by atoms with Crippen LogP contribution >= 0.6 is 23.1 Å². The summed E-state index contributed by atoms with van der Waals surface area (Å²) < 4.78 is 13.3. The first-order valence-electron chi connectivity index (χ1n) is 10.2. The third-order valence-corrected chi connectivity index (χ3v) is 6.39. The van der Waals surface area contributed by atoms with E-state index in [-0.39, 0.29) is 11.7 Å². The largest absolute Gasteiger partial charge is 0.497 e. The van der Waals surface area contributed by atoms with Crippen molar-refractivity contribution in [3.63, 3.8) is 0 Å². The van der Waals surface area contributed by atoms with E-state index in [1.54, 1.807) is 7.11 Å². The number of hydrogen-bond donors (Lipinski definition) is 1. The van der Waals surface area contributed by atoms with Crippen LogP contribution in [-0.2, 0) is 4.79 Å². The molecule has 0 bridgehead atoms. The standard InChI is InChI=1S/C23H23N5O3S2/c1-15-13-32-22(24-15)25-20(29)14-33-23-27-26-21(28(23)17-8-5-4-6-9-17)16(2)31-19-11-7-10-18(12-19)30-3/h4-13,16H,14H2,1-3H3,(H,24,25,29). The molecule has 2 heterocycles. The summed E-state index contributed by atoms with van der Waals surface area (Å²) in [5, 5.41) is 14.6. The van der Waals surface area contributed by atoms with E-state index in [4.69, 9.17) is 9.47 Å². The van der Waals surface area contributed by atoms with Crippen LogP contribution in [0.25, 0.3) is 5.69 Å². The molecule has 1 N–H and O–H groups in total. The minimum atomic E-state index is -0.397. The van der Waals surface area contributed by atoms with Gasteiger partial charge in [0.05, 0.1) is 18.6 Å².